The molecule has 2 aromatic carbocycles. The van der Waals surface area contributed by atoms with Gasteiger partial charge in [0.05, 0.1) is 15.8 Å². The first-order valence-corrected chi connectivity index (χ1v) is 12.3. The molecule has 0 unspecified atom stereocenters. The number of likely N-dealkylation sites (N-methyl/N-ethyl adjacent to an activating group) is 1. The number of rotatable bonds is 2. The smallest absolute Gasteiger partial charge is 0.342 e. The number of carbonyl (C=O) groups excluding carboxylic acids is 1. The van der Waals surface area contributed by atoms with Crippen molar-refractivity contribution in [3.8, 4) is 0 Å². The average Bonchev–Trinajstić information content (AvgIpc) is 3.14. The molecule has 0 saturated carbocycles. The maximum atomic E-state index is 13.4. The number of carbonyl (C=O) groups is 1. The summed E-state index contributed by atoms with van der Waals surface area (Å²) in [5, 5.41) is 0. The lowest BCUT2D eigenvalue weighted by atomic mass is 9.63. The van der Waals surface area contributed by atoms with Crippen LogP contribution in [0.25, 0.3) is 10.2 Å². The number of benzene rings is 2. The van der Waals surface area contributed by atoms with Gasteiger partial charge in [0.15, 0.2) is 4.34 Å². The fourth-order valence-corrected chi connectivity index (χ4v) is 7.60. The minimum atomic E-state index is -4.40. The Morgan fingerprint density at radius 2 is 2.00 bits per heavy atom. The van der Waals surface area contributed by atoms with Crippen molar-refractivity contribution in [2.24, 2.45) is 0 Å². The van der Waals surface area contributed by atoms with Crippen molar-refractivity contribution < 1.29 is 18.0 Å². The number of amides is 1. The summed E-state index contributed by atoms with van der Waals surface area (Å²) >= 11 is 2.52. The first kappa shape index (κ1) is 21.8. The second-order valence-corrected chi connectivity index (χ2v) is 11.3. The zero-order valence-corrected chi connectivity index (χ0v) is 19.7. The summed E-state index contributed by atoms with van der Waals surface area (Å²) in [7, 11) is 1.91. The highest BCUT2D eigenvalue weighted by Crippen LogP contribution is 2.47. The fourth-order valence-electron chi connectivity index (χ4n) is 5.31. The van der Waals surface area contributed by atoms with Gasteiger partial charge in [-0.1, -0.05) is 30.8 Å². The maximum Gasteiger partial charge on any atom is 0.417 e. The van der Waals surface area contributed by atoms with Gasteiger partial charge >= 0.3 is 6.18 Å². The van der Waals surface area contributed by atoms with E-state index >= 15 is 0 Å². The summed E-state index contributed by atoms with van der Waals surface area (Å²) in [5.74, 6) is 0.215. The van der Waals surface area contributed by atoms with Crippen LogP contribution in [0.1, 0.15) is 48.4 Å². The van der Waals surface area contributed by atoms with Crippen molar-refractivity contribution in [2.45, 2.75) is 66.4 Å². The van der Waals surface area contributed by atoms with Crippen molar-refractivity contribution in [3.63, 3.8) is 0 Å². The molecule has 3 nitrogen and oxygen atoms in total. The molecule has 2 atom stereocenters. The first-order chi connectivity index (χ1) is 15.1. The average molecular weight is 477 g/mol. The van der Waals surface area contributed by atoms with Gasteiger partial charge in [0.25, 0.3) is 0 Å². The summed E-state index contributed by atoms with van der Waals surface area (Å²) in [6, 6.07) is 9.18. The van der Waals surface area contributed by atoms with Gasteiger partial charge in [0, 0.05) is 29.8 Å². The third-order valence-electron chi connectivity index (χ3n) is 7.07. The van der Waals surface area contributed by atoms with E-state index in [1.807, 2.05) is 18.0 Å². The lowest BCUT2D eigenvalue weighted by Crippen LogP contribution is -2.56. The molecule has 3 aromatic rings. The number of fused-ring (bicyclic) bond motifs is 4. The minimum Gasteiger partial charge on any atom is -0.342 e. The largest absolute Gasteiger partial charge is 0.417 e. The summed E-state index contributed by atoms with van der Waals surface area (Å²) < 4.78 is 41.1. The number of aryl methyl sites for hydroxylation is 2. The van der Waals surface area contributed by atoms with Gasteiger partial charge < -0.3 is 4.90 Å². The standard InChI is InChI=1S/C24H23F3N2OS2/c1-13-4-7-17(24(25,26)27)21-20(13)28-22(32-21)31-15-6-8-16-14(12-15)5-9-18-23(16,2)11-10-19(30)29(18)3/h4,6-8,12,18H,5,9-11H2,1-3H3/t18-,23-/m1/s1. The predicted octanol–water partition coefficient (Wildman–Crippen LogP) is 6.60. The highest BCUT2D eigenvalue weighted by molar-refractivity contribution is 8.01. The molecule has 32 heavy (non-hydrogen) atoms. The van der Waals surface area contributed by atoms with Crippen LogP contribution in [0.5, 0.6) is 0 Å². The van der Waals surface area contributed by atoms with Crippen molar-refractivity contribution >= 4 is 39.2 Å². The molecule has 8 heteroatoms. The Labute approximate surface area is 193 Å². The number of piperidine rings is 1. The topological polar surface area (TPSA) is 33.2 Å². The van der Waals surface area contributed by atoms with Crippen molar-refractivity contribution in [2.75, 3.05) is 7.05 Å². The molecule has 0 spiro atoms. The van der Waals surface area contributed by atoms with E-state index in [1.54, 1.807) is 6.92 Å². The zero-order valence-electron chi connectivity index (χ0n) is 18.0. The molecule has 2 aliphatic rings. The first-order valence-electron chi connectivity index (χ1n) is 10.6. The number of halogens is 3. The van der Waals surface area contributed by atoms with Crippen LogP contribution < -0.4 is 0 Å². The van der Waals surface area contributed by atoms with E-state index < -0.39 is 11.7 Å². The zero-order chi connectivity index (χ0) is 22.8. The molecule has 1 fully saturated rings. The third-order valence-corrected chi connectivity index (χ3v) is 9.21. The van der Waals surface area contributed by atoms with Crippen molar-refractivity contribution in [1.29, 1.82) is 0 Å². The summed E-state index contributed by atoms with van der Waals surface area (Å²) in [5.41, 5.74) is 3.05. The van der Waals surface area contributed by atoms with Crippen LogP contribution in [0.15, 0.2) is 39.6 Å². The van der Waals surface area contributed by atoms with Crippen LogP contribution in [-0.2, 0) is 22.8 Å². The Morgan fingerprint density at radius 3 is 2.75 bits per heavy atom. The normalized spacial score (nSPS) is 23.4. The van der Waals surface area contributed by atoms with E-state index in [0.29, 0.717) is 16.3 Å². The molecule has 0 N–H and O–H groups in total. The van der Waals surface area contributed by atoms with Crippen LogP contribution in [-0.4, -0.2) is 28.9 Å². The monoisotopic (exact) mass is 476 g/mol. The fraction of sp³-hybridized carbons (Fsp3) is 0.417. The van der Waals surface area contributed by atoms with Crippen molar-refractivity contribution in [1.82, 2.24) is 9.88 Å². The van der Waals surface area contributed by atoms with E-state index in [1.165, 1.54) is 29.0 Å². The highest BCUT2D eigenvalue weighted by Gasteiger charge is 2.46. The van der Waals surface area contributed by atoms with E-state index in [0.717, 1.165) is 47.1 Å². The lowest BCUT2D eigenvalue weighted by molar-refractivity contribution is -0.138. The van der Waals surface area contributed by atoms with Crippen LogP contribution in [0, 0.1) is 6.92 Å². The molecule has 1 aliphatic heterocycles. The van der Waals surface area contributed by atoms with Crippen LogP contribution in [0.2, 0.25) is 0 Å². The van der Waals surface area contributed by atoms with Crippen LogP contribution >= 0.6 is 23.1 Å². The molecule has 168 valence electrons. The third kappa shape index (κ3) is 3.43. The predicted molar refractivity (Wildman–Crippen MR) is 121 cm³/mol. The molecular formula is C24H23F3N2OS2. The number of aromatic nitrogens is 1. The lowest BCUT2D eigenvalue weighted by Gasteiger charge is -2.50. The summed E-state index contributed by atoms with van der Waals surface area (Å²) in [4.78, 5) is 19.6. The minimum absolute atomic E-state index is 0.0615. The molecule has 1 saturated heterocycles. The van der Waals surface area contributed by atoms with Gasteiger partial charge in [0.1, 0.15) is 0 Å². The van der Waals surface area contributed by atoms with Gasteiger partial charge in [-0.05, 0) is 61.1 Å². The number of likely N-dealkylation sites (tertiary alicyclic amines) is 1. The van der Waals surface area contributed by atoms with Gasteiger partial charge in [-0.25, -0.2) is 4.98 Å². The van der Waals surface area contributed by atoms with Gasteiger partial charge in [-0.2, -0.15) is 13.2 Å². The Morgan fingerprint density at radius 1 is 1.22 bits per heavy atom. The molecule has 1 aliphatic carbocycles. The molecule has 2 heterocycles. The quantitative estimate of drug-likeness (QED) is 0.418. The van der Waals surface area contributed by atoms with E-state index in [2.05, 4.69) is 24.0 Å². The Hall–Kier alpha value is -2.06. The molecule has 5 rings (SSSR count). The Kier molecular flexibility index (Phi) is 5.09. The number of hydrogen-bond acceptors (Lipinski definition) is 4. The van der Waals surface area contributed by atoms with E-state index in [9.17, 15) is 18.0 Å². The maximum absolute atomic E-state index is 13.4. The molecule has 1 aromatic heterocycles. The number of nitrogens with zero attached hydrogens (tertiary/aromatic N) is 2. The van der Waals surface area contributed by atoms with E-state index in [4.69, 9.17) is 0 Å². The van der Waals surface area contributed by atoms with Crippen molar-refractivity contribution in [3.05, 3.63) is 52.6 Å². The number of thiazole rings is 1. The molecule has 1 amide bonds. The highest BCUT2D eigenvalue weighted by atomic mass is 32.2. The SMILES string of the molecule is Cc1ccc(C(F)(F)F)c2sc(Sc3ccc4c(c3)CC[C@H]3N(C)C(=O)CC[C@]43C)nc12. The van der Waals surface area contributed by atoms with Crippen LogP contribution in [0.3, 0.4) is 0 Å². The van der Waals surface area contributed by atoms with Gasteiger partial charge in [-0.15, -0.1) is 11.3 Å². The van der Waals surface area contributed by atoms with Gasteiger partial charge in [-0.3, -0.25) is 4.79 Å². The van der Waals surface area contributed by atoms with E-state index in [-0.39, 0.29) is 22.1 Å². The summed E-state index contributed by atoms with van der Waals surface area (Å²) in [6.07, 6.45) is -1.18. The second kappa shape index (κ2) is 7.48. The molecule has 0 radical (unpaired) electrons. The van der Waals surface area contributed by atoms with Gasteiger partial charge in [0.2, 0.25) is 5.91 Å². The Bertz CT molecular complexity index is 1240. The Balaban J connectivity index is 1.48. The second-order valence-electron chi connectivity index (χ2n) is 8.98. The molecular weight excluding hydrogens is 453 g/mol. The summed E-state index contributed by atoms with van der Waals surface area (Å²) in [6.45, 7) is 4.04. The molecule has 0 bridgehead atoms. The van der Waals surface area contributed by atoms with Crippen LogP contribution in [0.4, 0.5) is 13.2 Å². The number of hydrogen-bond donors (Lipinski definition) is 0. The number of alkyl halides is 3.